The molecule has 1 amide bonds. The molecule has 1 atom stereocenters. The zero-order valence-electron chi connectivity index (χ0n) is 18.2. The molecule has 1 aromatic heterocycles. The first-order valence-corrected chi connectivity index (χ1v) is 10.3. The molecule has 0 saturated carbocycles. The van der Waals surface area contributed by atoms with Crippen molar-refractivity contribution in [2.45, 2.75) is 26.3 Å². The normalized spacial score (nSPS) is 11.7. The predicted octanol–water partition coefficient (Wildman–Crippen LogP) is 5.00. The Balaban J connectivity index is 1.72. The number of carbonyl (C=O) groups excluding carboxylic acids is 2. The fourth-order valence-corrected chi connectivity index (χ4v) is 3.11. The Labute approximate surface area is 186 Å². The molecule has 1 unspecified atom stereocenters. The Morgan fingerprint density at radius 1 is 0.969 bits per heavy atom. The SMILES string of the molecule is COC(=O)C(CC(C)C)NC(=O)c1cccc(-c2ccc(Oc3ccc(F)cc3)cc2)n1. The van der Waals surface area contributed by atoms with Crippen LogP contribution in [0.2, 0.25) is 0 Å². The van der Waals surface area contributed by atoms with Crippen molar-refractivity contribution in [3.63, 3.8) is 0 Å². The van der Waals surface area contributed by atoms with Gasteiger partial charge in [0.05, 0.1) is 12.8 Å². The maximum absolute atomic E-state index is 13.0. The molecule has 166 valence electrons. The summed E-state index contributed by atoms with van der Waals surface area (Å²) in [6, 6.07) is 17.3. The minimum Gasteiger partial charge on any atom is -0.467 e. The second-order valence-electron chi connectivity index (χ2n) is 7.67. The molecule has 3 aromatic rings. The summed E-state index contributed by atoms with van der Waals surface area (Å²) in [5, 5.41) is 2.71. The van der Waals surface area contributed by atoms with Gasteiger partial charge in [-0.3, -0.25) is 4.79 Å². The first-order valence-electron chi connectivity index (χ1n) is 10.3. The van der Waals surface area contributed by atoms with Gasteiger partial charge in [-0.25, -0.2) is 14.2 Å². The van der Waals surface area contributed by atoms with Crippen molar-refractivity contribution in [1.82, 2.24) is 10.3 Å². The number of carbonyl (C=O) groups is 2. The molecule has 0 spiro atoms. The Morgan fingerprint density at radius 2 is 1.59 bits per heavy atom. The van der Waals surface area contributed by atoms with E-state index in [4.69, 9.17) is 9.47 Å². The van der Waals surface area contributed by atoms with Crippen LogP contribution in [0.1, 0.15) is 30.8 Å². The molecule has 7 heteroatoms. The highest BCUT2D eigenvalue weighted by Gasteiger charge is 2.23. The molecule has 2 aromatic carbocycles. The second kappa shape index (κ2) is 10.5. The molecule has 0 aliphatic carbocycles. The summed E-state index contributed by atoms with van der Waals surface area (Å²) in [6.07, 6.45) is 0.466. The zero-order valence-corrected chi connectivity index (χ0v) is 18.2. The summed E-state index contributed by atoms with van der Waals surface area (Å²) in [4.78, 5) is 29.1. The lowest BCUT2D eigenvalue weighted by molar-refractivity contribution is -0.143. The highest BCUT2D eigenvalue weighted by molar-refractivity contribution is 5.95. The lowest BCUT2D eigenvalue weighted by Gasteiger charge is -2.18. The number of ether oxygens (including phenoxy) is 2. The van der Waals surface area contributed by atoms with Crippen LogP contribution < -0.4 is 10.1 Å². The van der Waals surface area contributed by atoms with Crippen molar-refractivity contribution < 1.29 is 23.5 Å². The van der Waals surface area contributed by atoms with E-state index in [0.29, 0.717) is 23.6 Å². The fourth-order valence-electron chi connectivity index (χ4n) is 3.11. The molecule has 1 heterocycles. The third-order valence-corrected chi connectivity index (χ3v) is 4.68. The van der Waals surface area contributed by atoms with E-state index < -0.39 is 17.9 Å². The van der Waals surface area contributed by atoms with E-state index >= 15 is 0 Å². The number of methoxy groups -OCH3 is 1. The van der Waals surface area contributed by atoms with E-state index in [1.807, 2.05) is 26.0 Å². The molecule has 32 heavy (non-hydrogen) atoms. The molecule has 0 fully saturated rings. The van der Waals surface area contributed by atoms with Gasteiger partial charge in [0.2, 0.25) is 0 Å². The van der Waals surface area contributed by atoms with Gasteiger partial charge in [-0.1, -0.05) is 19.9 Å². The van der Waals surface area contributed by atoms with Crippen LogP contribution in [0.5, 0.6) is 11.5 Å². The van der Waals surface area contributed by atoms with Crippen molar-refractivity contribution in [3.05, 3.63) is 78.2 Å². The molecule has 3 rings (SSSR count). The van der Waals surface area contributed by atoms with E-state index in [-0.39, 0.29) is 17.4 Å². The minimum atomic E-state index is -0.735. The number of pyridine rings is 1. The van der Waals surface area contributed by atoms with Gasteiger partial charge in [-0.05, 0) is 73.0 Å². The molecule has 1 N–H and O–H groups in total. The Kier molecular flexibility index (Phi) is 7.54. The van der Waals surface area contributed by atoms with Crippen LogP contribution in [0.3, 0.4) is 0 Å². The van der Waals surface area contributed by atoms with E-state index in [0.717, 1.165) is 5.56 Å². The van der Waals surface area contributed by atoms with Crippen LogP contribution in [0.25, 0.3) is 11.3 Å². The number of amides is 1. The molecular formula is C25H25FN2O4. The number of nitrogens with one attached hydrogen (secondary N) is 1. The summed E-state index contributed by atoms with van der Waals surface area (Å²) in [7, 11) is 1.30. The third kappa shape index (κ3) is 6.14. The number of benzene rings is 2. The minimum absolute atomic E-state index is 0.201. The topological polar surface area (TPSA) is 77.5 Å². The smallest absolute Gasteiger partial charge is 0.328 e. The van der Waals surface area contributed by atoms with Gasteiger partial charge in [-0.15, -0.1) is 0 Å². The number of esters is 1. The van der Waals surface area contributed by atoms with Crippen LogP contribution in [0.15, 0.2) is 66.7 Å². The number of hydrogen-bond donors (Lipinski definition) is 1. The van der Waals surface area contributed by atoms with Crippen LogP contribution in [0.4, 0.5) is 4.39 Å². The van der Waals surface area contributed by atoms with Crippen molar-refractivity contribution in [2.75, 3.05) is 7.11 Å². The maximum Gasteiger partial charge on any atom is 0.328 e. The molecule has 6 nitrogen and oxygen atoms in total. The van der Waals surface area contributed by atoms with Crippen LogP contribution >= 0.6 is 0 Å². The number of aromatic nitrogens is 1. The van der Waals surface area contributed by atoms with Crippen molar-refractivity contribution in [1.29, 1.82) is 0 Å². The molecule has 0 saturated heterocycles. The molecule has 0 aliphatic heterocycles. The van der Waals surface area contributed by atoms with Crippen molar-refractivity contribution >= 4 is 11.9 Å². The van der Waals surface area contributed by atoms with Gasteiger partial charge in [-0.2, -0.15) is 0 Å². The molecule has 0 aliphatic rings. The van der Waals surface area contributed by atoms with Gasteiger partial charge >= 0.3 is 5.97 Å². The standard InChI is InChI=1S/C25H25FN2O4/c1-16(2)15-23(25(30)31-3)28-24(29)22-6-4-5-21(27-22)17-7-11-19(12-8-17)32-20-13-9-18(26)10-14-20/h4-14,16,23H,15H2,1-3H3,(H,28,29). The lowest BCUT2D eigenvalue weighted by Crippen LogP contribution is -2.42. The summed E-state index contributed by atoms with van der Waals surface area (Å²) in [5.74, 6) is 0.0552. The largest absolute Gasteiger partial charge is 0.467 e. The van der Waals surface area contributed by atoms with E-state index in [9.17, 15) is 14.0 Å². The summed E-state index contributed by atoms with van der Waals surface area (Å²) in [5.41, 5.74) is 1.59. The molecule has 0 bridgehead atoms. The quantitative estimate of drug-likeness (QED) is 0.503. The van der Waals surface area contributed by atoms with Gasteiger partial charge in [0.1, 0.15) is 29.1 Å². The highest BCUT2D eigenvalue weighted by Crippen LogP contribution is 2.25. The van der Waals surface area contributed by atoms with Gasteiger partial charge < -0.3 is 14.8 Å². The Bertz CT molecular complexity index is 1070. The first-order chi connectivity index (χ1) is 15.4. The second-order valence-corrected chi connectivity index (χ2v) is 7.67. The lowest BCUT2D eigenvalue weighted by atomic mass is 10.0. The molecule has 0 radical (unpaired) electrons. The fraction of sp³-hybridized carbons (Fsp3) is 0.240. The number of nitrogens with zero attached hydrogens (tertiary/aromatic N) is 1. The van der Waals surface area contributed by atoms with E-state index in [1.54, 1.807) is 42.5 Å². The first kappa shape index (κ1) is 22.9. The Hall–Kier alpha value is -3.74. The van der Waals surface area contributed by atoms with E-state index in [1.165, 1.54) is 19.2 Å². The van der Waals surface area contributed by atoms with Crippen molar-refractivity contribution in [2.24, 2.45) is 5.92 Å². The van der Waals surface area contributed by atoms with Crippen LogP contribution in [-0.4, -0.2) is 30.0 Å². The predicted molar refractivity (Wildman–Crippen MR) is 119 cm³/mol. The summed E-state index contributed by atoms with van der Waals surface area (Å²) >= 11 is 0. The van der Waals surface area contributed by atoms with Gasteiger partial charge in [0, 0.05) is 5.56 Å². The van der Waals surface area contributed by atoms with Crippen LogP contribution in [-0.2, 0) is 9.53 Å². The van der Waals surface area contributed by atoms with Crippen molar-refractivity contribution in [3.8, 4) is 22.8 Å². The average molecular weight is 436 g/mol. The van der Waals surface area contributed by atoms with E-state index in [2.05, 4.69) is 10.3 Å². The zero-order chi connectivity index (χ0) is 23.1. The third-order valence-electron chi connectivity index (χ3n) is 4.68. The maximum atomic E-state index is 13.0. The van der Waals surface area contributed by atoms with Crippen LogP contribution in [0, 0.1) is 11.7 Å². The van der Waals surface area contributed by atoms with Gasteiger partial charge in [0.25, 0.3) is 5.91 Å². The Morgan fingerprint density at radius 3 is 2.19 bits per heavy atom. The summed E-state index contributed by atoms with van der Waals surface area (Å²) in [6.45, 7) is 3.93. The number of rotatable bonds is 8. The molecular weight excluding hydrogens is 411 g/mol. The highest BCUT2D eigenvalue weighted by atomic mass is 19.1. The average Bonchev–Trinajstić information content (AvgIpc) is 2.80. The monoisotopic (exact) mass is 436 g/mol. The number of halogens is 1. The van der Waals surface area contributed by atoms with Gasteiger partial charge in [0.15, 0.2) is 0 Å². The number of hydrogen-bond acceptors (Lipinski definition) is 5. The summed E-state index contributed by atoms with van der Waals surface area (Å²) < 4.78 is 23.5.